The van der Waals surface area contributed by atoms with Crippen molar-refractivity contribution in [2.45, 2.75) is 26.4 Å². The number of ether oxygens (including phenoxy) is 2. The molecule has 7 heteroatoms. The molecule has 0 spiro atoms. The number of tetrazole rings is 1. The van der Waals surface area contributed by atoms with E-state index in [2.05, 4.69) is 39.7 Å². The second-order valence-corrected chi connectivity index (χ2v) is 6.12. The number of H-pyrrole nitrogens is 1. The van der Waals surface area contributed by atoms with Gasteiger partial charge in [0.1, 0.15) is 6.61 Å². The lowest BCUT2D eigenvalue weighted by atomic mass is 10.1. The minimum Gasteiger partial charge on any atom is -0.493 e. The normalized spacial score (nSPS) is 10.7. The molecule has 6 nitrogen and oxygen atoms in total. The number of nitrogens with one attached hydrogen (secondary N) is 1. The number of aryl methyl sites for hydroxylation is 3. The summed E-state index contributed by atoms with van der Waals surface area (Å²) in [7, 11) is 1.60. The minimum absolute atomic E-state index is 0.429. The molecule has 1 N–H and O–H groups in total. The van der Waals surface area contributed by atoms with Crippen LogP contribution >= 0.6 is 11.6 Å². The summed E-state index contributed by atoms with van der Waals surface area (Å²) in [5, 5.41) is 14.4. The zero-order valence-corrected chi connectivity index (χ0v) is 14.9. The Bertz CT molecular complexity index is 820. The lowest BCUT2D eigenvalue weighted by molar-refractivity contribution is 0.284. The highest BCUT2D eigenvalue weighted by atomic mass is 35.5. The van der Waals surface area contributed by atoms with Crippen molar-refractivity contribution in [3.63, 3.8) is 0 Å². The summed E-state index contributed by atoms with van der Waals surface area (Å²) in [6, 6.07) is 12.0. The molecule has 3 aromatic rings. The quantitative estimate of drug-likeness (QED) is 0.699. The van der Waals surface area contributed by atoms with Crippen molar-refractivity contribution >= 4 is 11.6 Å². The van der Waals surface area contributed by atoms with Gasteiger partial charge in [-0.3, -0.25) is 0 Å². The predicted octanol–water partition coefficient (Wildman–Crippen LogP) is 3.53. The summed E-state index contributed by atoms with van der Waals surface area (Å²) in [4.78, 5) is 0. The van der Waals surface area contributed by atoms with Crippen LogP contribution in [0.2, 0.25) is 5.02 Å². The van der Waals surface area contributed by atoms with Crippen LogP contribution in [-0.2, 0) is 19.4 Å². The van der Waals surface area contributed by atoms with Crippen LogP contribution in [0.3, 0.4) is 0 Å². The number of hydrogen-bond acceptors (Lipinski definition) is 5. The topological polar surface area (TPSA) is 72.9 Å². The van der Waals surface area contributed by atoms with Gasteiger partial charge in [-0.05, 0) is 36.6 Å². The number of rotatable bonds is 7. The molecule has 1 aromatic heterocycles. The van der Waals surface area contributed by atoms with Crippen LogP contribution < -0.4 is 9.47 Å². The number of halogens is 1. The fraction of sp³-hybridized carbons (Fsp3) is 0.278. The summed E-state index contributed by atoms with van der Waals surface area (Å²) in [5.74, 6) is 1.82. The molecule has 0 unspecified atom stereocenters. The monoisotopic (exact) mass is 358 g/mol. The van der Waals surface area contributed by atoms with Crippen molar-refractivity contribution < 1.29 is 9.47 Å². The summed E-state index contributed by atoms with van der Waals surface area (Å²) < 4.78 is 11.3. The Balaban J connectivity index is 1.71. The molecule has 0 bridgehead atoms. The van der Waals surface area contributed by atoms with Gasteiger partial charge >= 0.3 is 0 Å². The van der Waals surface area contributed by atoms with E-state index in [0.717, 1.165) is 17.5 Å². The van der Waals surface area contributed by atoms with E-state index in [0.29, 0.717) is 35.4 Å². The van der Waals surface area contributed by atoms with Crippen LogP contribution in [0.1, 0.15) is 22.5 Å². The van der Waals surface area contributed by atoms with Gasteiger partial charge in [0, 0.05) is 6.42 Å². The maximum absolute atomic E-state index is 6.41. The van der Waals surface area contributed by atoms with Crippen LogP contribution in [0.5, 0.6) is 11.5 Å². The Kier molecular flexibility index (Phi) is 5.50. The van der Waals surface area contributed by atoms with Crippen LogP contribution in [0.4, 0.5) is 0 Å². The molecule has 0 saturated heterocycles. The van der Waals surface area contributed by atoms with Gasteiger partial charge in [0.2, 0.25) is 0 Å². The fourth-order valence-corrected chi connectivity index (χ4v) is 2.73. The standard InChI is InChI=1S/C18H19ClN4O2/c1-12-3-5-13(6-4-12)11-25-18-15(19)9-14(10-16(18)24-2)7-8-17-20-22-23-21-17/h3-6,9-10H,7-8,11H2,1-2H3,(H,20,21,22,23). The molecule has 2 aromatic carbocycles. The van der Waals surface area contributed by atoms with Crippen LogP contribution in [0, 0.1) is 6.92 Å². The average Bonchev–Trinajstić information content (AvgIpc) is 3.13. The summed E-state index contributed by atoms with van der Waals surface area (Å²) >= 11 is 6.41. The molecular weight excluding hydrogens is 340 g/mol. The van der Waals surface area contributed by atoms with E-state index in [4.69, 9.17) is 21.1 Å². The van der Waals surface area contributed by atoms with Crippen molar-refractivity contribution in [1.29, 1.82) is 0 Å². The largest absolute Gasteiger partial charge is 0.493 e. The zero-order chi connectivity index (χ0) is 17.6. The van der Waals surface area contributed by atoms with E-state index in [-0.39, 0.29) is 0 Å². The van der Waals surface area contributed by atoms with Gasteiger partial charge in [-0.15, -0.1) is 10.2 Å². The predicted molar refractivity (Wildman–Crippen MR) is 95.1 cm³/mol. The molecule has 0 atom stereocenters. The van der Waals surface area contributed by atoms with Gasteiger partial charge in [0.05, 0.1) is 12.1 Å². The summed E-state index contributed by atoms with van der Waals surface area (Å²) in [6.45, 7) is 2.48. The second kappa shape index (κ2) is 7.98. The minimum atomic E-state index is 0.429. The Morgan fingerprint density at radius 2 is 1.88 bits per heavy atom. The Labute approximate surface area is 151 Å². The third-order valence-electron chi connectivity index (χ3n) is 3.82. The van der Waals surface area contributed by atoms with Gasteiger partial charge in [-0.1, -0.05) is 46.6 Å². The van der Waals surface area contributed by atoms with Gasteiger partial charge in [0.25, 0.3) is 0 Å². The Hall–Kier alpha value is -2.60. The molecular formula is C18H19ClN4O2. The lowest BCUT2D eigenvalue weighted by Gasteiger charge is -2.14. The molecule has 0 radical (unpaired) electrons. The molecule has 130 valence electrons. The van der Waals surface area contributed by atoms with Gasteiger partial charge < -0.3 is 9.47 Å². The lowest BCUT2D eigenvalue weighted by Crippen LogP contribution is -2.00. The van der Waals surface area contributed by atoms with Gasteiger partial charge in [-0.2, -0.15) is 5.21 Å². The third-order valence-corrected chi connectivity index (χ3v) is 4.10. The average molecular weight is 359 g/mol. The van der Waals surface area contributed by atoms with Crippen LogP contribution in [-0.4, -0.2) is 27.7 Å². The van der Waals surface area contributed by atoms with Crippen molar-refractivity contribution in [3.8, 4) is 11.5 Å². The molecule has 0 aliphatic heterocycles. The number of aromatic nitrogens is 4. The first-order chi connectivity index (χ1) is 12.2. The van der Waals surface area contributed by atoms with E-state index in [9.17, 15) is 0 Å². The molecule has 0 amide bonds. The van der Waals surface area contributed by atoms with Crippen LogP contribution in [0.25, 0.3) is 0 Å². The van der Waals surface area contributed by atoms with E-state index in [1.54, 1.807) is 7.11 Å². The van der Waals surface area contributed by atoms with Crippen molar-refractivity contribution in [2.24, 2.45) is 0 Å². The third kappa shape index (κ3) is 4.48. The molecule has 0 aliphatic rings. The first-order valence-electron chi connectivity index (χ1n) is 7.93. The summed E-state index contributed by atoms with van der Waals surface area (Å²) in [5.41, 5.74) is 3.31. The van der Waals surface area contributed by atoms with E-state index in [1.807, 2.05) is 24.3 Å². The molecule has 25 heavy (non-hydrogen) atoms. The number of aromatic amines is 1. The van der Waals surface area contributed by atoms with Crippen molar-refractivity contribution in [1.82, 2.24) is 20.6 Å². The highest BCUT2D eigenvalue weighted by Gasteiger charge is 2.13. The molecule has 0 aliphatic carbocycles. The fourth-order valence-electron chi connectivity index (χ4n) is 2.44. The molecule has 1 heterocycles. The van der Waals surface area contributed by atoms with E-state index < -0.39 is 0 Å². The maximum atomic E-state index is 6.41. The zero-order valence-electron chi connectivity index (χ0n) is 14.1. The maximum Gasteiger partial charge on any atom is 0.180 e. The molecule has 3 rings (SSSR count). The SMILES string of the molecule is COc1cc(CCc2nn[nH]n2)cc(Cl)c1OCc1ccc(C)cc1. The van der Waals surface area contributed by atoms with Crippen molar-refractivity contribution in [2.75, 3.05) is 7.11 Å². The Morgan fingerprint density at radius 1 is 1.08 bits per heavy atom. The van der Waals surface area contributed by atoms with Gasteiger partial charge in [0.15, 0.2) is 17.3 Å². The smallest absolute Gasteiger partial charge is 0.180 e. The number of nitrogens with zero attached hydrogens (tertiary/aromatic N) is 3. The molecule has 0 saturated carbocycles. The van der Waals surface area contributed by atoms with Crippen molar-refractivity contribution in [3.05, 3.63) is 63.9 Å². The highest BCUT2D eigenvalue weighted by Crippen LogP contribution is 2.37. The summed E-state index contributed by atoms with van der Waals surface area (Å²) in [6.07, 6.45) is 1.40. The highest BCUT2D eigenvalue weighted by molar-refractivity contribution is 6.32. The second-order valence-electron chi connectivity index (χ2n) is 5.71. The first kappa shape index (κ1) is 17.2. The molecule has 0 fully saturated rings. The number of benzene rings is 2. The Morgan fingerprint density at radius 3 is 2.56 bits per heavy atom. The van der Waals surface area contributed by atoms with Gasteiger partial charge in [-0.25, -0.2) is 0 Å². The van der Waals surface area contributed by atoms with E-state index >= 15 is 0 Å². The number of methoxy groups -OCH3 is 1. The van der Waals surface area contributed by atoms with E-state index in [1.165, 1.54) is 5.56 Å². The number of hydrogen-bond donors (Lipinski definition) is 1. The van der Waals surface area contributed by atoms with Crippen LogP contribution in [0.15, 0.2) is 36.4 Å². The first-order valence-corrected chi connectivity index (χ1v) is 8.30.